The first-order valence-corrected chi connectivity index (χ1v) is 10.2. The van der Waals surface area contributed by atoms with Crippen molar-refractivity contribution in [3.63, 3.8) is 0 Å². The number of hydrogen-bond acceptors (Lipinski definition) is 5. The van der Waals surface area contributed by atoms with Gasteiger partial charge in [0.25, 0.3) is 5.56 Å². The van der Waals surface area contributed by atoms with Gasteiger partial charge in [0.2, 0.25) is 5.91 Å². The summed E-state index contributed by atoms with van der Waals surface area (Å²) in [5.74, 6) is 0.121. The number of amides is 1. The Kier molecular flexibility index (Phi) is 4.84. The van der Waals surface area contributed by atoms with Crippen LogP contribution in [0.5, 0.6) is 0 Å². The number of thiophene rings is 1. The van der Waals surface area contributed by atoms with Crippen LogP contribution in [0, 0.1) is 13.8 Å². The molecule has 2 fully saturated rings. The summed E-state index contributed by atoms with van der Waals surface area (Å²) >= 11 is 1.55. The predicted molar refractivity (Wildman–Crippen MR) is 102 cm³/mol. The van der Waals surface area contributed by atoms with Gasteiger partial charge in [-0.1, -0.05) is 12.8 Å². The summed E-state index contributed by atoms with van der Waals surface area (Å²) in [6.45, 7) is 5.63. The van der Waals surface area contributed by atoms with E-state index in [0.717, 1.165) is 34.5 Å². The highest BCUT2D eigenvalue weighted by molar-refractivity contribution is 7.18. The van der Waals surface area contributed by atoms with Crippen LogP contribution in [0.2, 0.25) is 0 Å². The van der Waals surface area contributed by atoms with Crippen LogP contribution in [0.15, 0.2) is 11.1 Å². The molecule has 1 aliphatic carbocycles. The quantitative estimate of drug-likeness (QED) is 0.827. The monoisotopic (exact) mass is 375 g/mol. The SMILES string of the molecule is Cc1sc2ncn(CCC(=O)N3CCOC4CCCCC43)c(=O)c2c1C. The molecule has 1 aliphatic heterocycles. The van der Waals surface area contributed by atoms with E-state index in [1.807, 2.05) is 18.7 Å². The molecule has 0 radical (unpaired) electrons. The smallest absolute Gasteiger partial charge is 0.262 e. The fourth-order valence-electron chi connectivity index (χ4n) is 4.20. The van der Waals surface area contributed by atoms with E-state index in [-0.39, 0.29) is 23.6 Å². The van der Waals surface area contributed by atoms with Gasteiger partial charge in [-0.05, 0) is 32.3 Å². The lowest BCUT2D eigenvalue weighted by atomic mass is 9.90. The van der Waals surface area contributed by atoms with Crippen LogP contribution in [0.1, 0.15) is 42.5 Å². The third-order valence-electron chi connectivity index (χ3n) is 5.77. The van der Waals surface area contributed by atoms with E-state index in [1.54, 1.807) is 22.2 Å². The minimum Gasteiger partial charge on any atom is -0.374 e. The second-order valence-electron chi connectivity index (χ2n) is 7.30. The third-order valence-corrected chi connectivity index (χ3v) is 6.89. The number of carbonyl (C=O) groups excluding carboxylic acids is 1. The normalized spacial score (nSPS) is 23.2. The number of fused-ring (bicyclic) bond motifs is 2. The maximum absolute atomic E-state index is 12.8. The molecular weight excluding hydrogens is 350 g/mol. The molecule has 2 aliphatic rings. The summed E-state index contributed by atoms with van der Waals surface area (Å²) in [6.07, 6.45) is 6.52. The van der Waals surface area contributed by atoms with E-state index in [9.17, 15) is 9.59 Å². The summed E-state index contributed by atoms with van der Waals surface area (Å²) in [4.78, 5) is 33.9. The van der Waals surface area contributed by atoms with E-state index < -0.39 is 0 Å². The molecule has 26 heavy (non-hydrogen) atoms. The molecule has 0 N–H and O–H groups in total. The number of aromatic nitrogens is 2. The first kappa shape index (κ1) is 17.7. The molecule has 0 spiro atoms. The van der Waals surface area contributed by atoms with Crippen molar-refractivity contribution in [1.29, 1.82) is 0 Å². The van der Waals surface area contributed by atoms with Gasteiger partial charge in [-0.2, -0.15) is 0 Å². The van der Waals surface area contributed by atoms with Crippen molar-refractivity contribution in [1.82, 2.24) is 14.5 Å². The summed E-state index contributed by atoms with van der Waals surface area (Å²) < 4.78 is 7.43. The van der Waals surface area contributed by atoms with Crippen molar-refractivity contribution in [2.45, 2.75) is 64.6 Å². The highest BCUT2D eigenvalue weighted by atomic mass is 32.1. The molecule has 7 heteroatoms. The molecular formula is C19H25N3O3S. The molecule has 2 unspecified atom stereocenters. The Morgan fingerprint density at radius 2 is 2.15 bits per heavy atom. The van der Waals surface area contributed by atoms with Gasteiger partial charge >= 0.3 is 0 Å². The van der Waals surface area contributed by atoms with Gasteiger partial charge < -0.3 is 9.64 Å². The zero-order valence-electron chi connectivity index (χ0n) is 15.4. The number of ether oxygens (including phenoxy) is 1. The van der Waals surface area contributed by atoms with E-state index in [2.05, 4.69) is 4.98 Å². The van der Waals surface area contributed by atoms with Gasteiger partial charge in [0, 0.05) is 24.4 Å². The number of rotatable bonds is 3. The fourth-order valence-corrected chi connectivity index (χ4v) is 5.18. The Labute approximate surface area is 156 Å². The van der Waals surface area contributed by atoms with Crippen molar-refractivity contribution in [3.8, 4) is 0 Å². The molecule has 1 saturated heterocycles. The standard InChI is InChI=1S/C19H25N3O3S/c1-12-13(2)26-18-17(12)19(24)21(11-20-18)8-7-16(23)22-9-10-25-15-6-4-3-5-14(15)22/h11,14-15H,3-10H2,1-2H3. The zero-order valence-corrected chi connectivity index (χ0v) is 16.2. The van der Waals surface area contributed by atoms with Crippen LogP contribution in [0.3, 0.4) is 0 Å². The summed E-state index contributed by atoms with van der Waals surface area (Å²) in [5, 5.41) is 0.696. The third kappa shape index (κ3) is 3.07. The van der Waals surface area contributed by atoms with Gasteiger partial charge in [0.05, 0.1) is 30.5 Å². The van der Waals surface area contributed by atoms with Crippen LogP contribution < -0.4 is 5.56 Å². The second kappa shape index (κ2) is 7.12. The first-order chi connectivity index (χ1) is 12.6. The van der Waals surface area contributed by atoms with Crippen molar-refractivity contribution >= 4 is 27.5 Å². The number of morpholine rings is 1. The minimum atomic E-state index is -0.0397. The van der Waals surface area contributed by atoms with E-state index >= 15 is 0 Å². The first-order valence-electron chi connectivity index (χ1n) is 9.42. The van der Waals surface area contributed by atoms with Gasteiger partial charge in [-0.15, -0.1) is 11.3 Å². The highest BCUT2D eigenvalue weighted by Gasteiger charge is 2.36. The van der Waals surface area contributed by atoms with Gasteiger partial charge in [0.1, 0.15) is 4.83 Å². The summed E-state index contributed by atoms with van der Waals surface area (Å²) in [5.41, 5.74) is 0.962. The maximum atomic E-state index is 12.8. The lowest BCUT2D eigenvalue weighted by Gasteiger charge is -2.43. The lowest BCUT2D eigenvalue weighted by molar-refractivity contribution is -0.149. The Bertz CT molecular complexity index is 886. The van der Waals surface area contributed by atoms with Crippen molar-refractivity contribution in [3.05, 3.63) is 27.1 Å². The van der Waals surface area contributed by atoms with Crippen LogP contribution >= 0.6 is 11.3 Å². The van der Waals surface area contributed by atoms with Crippen molar-refractivity contribution in [2.75, 3.05) is 13.2 Å². The fraction of sp³-hybridized carbons (Fsp3) is 0.632. The second-order valence-corrected chi connectivity index (χ2v) is 8.51. The number of hydrogen-bond donors (Lipinski definition) is 0. The zero-order chi connectivity index (χ0) is 18.3. The van der Waals surface area contributed by atoms with Crippen molar-refractivity contribution in [2.24, 2.45) is 0 Å². The van der Waals surface area contributed by atoms with Gasteiger partial charge in [-0.3, -0.25) is 14.2 Å². The molecule has 2 aromatic heterocycles. The molecule has 4 rings (SSSR count). The Hall–Kier alpha value is -1.73. The Morgan fingerprint density at radius 1 is 1.35 bits per heavy atom. The average molecular weight is 375 g/mol. The van der Waals surface area contributed by atoms with E-state index in [0.29, 0.717) is 31.5 Å². The van der Waals surface area contributed by atoms with Gasteiger partial charge in [-0.25, -0.2) is 4.98 Å². The maximum Gasteiger partial charge on any atom is 0.262 e. The highest BCUT2D eigenvalue weighted by Crippen LogP contribution is 2.29. The predicted octanol–water partition coefficient (Wildman–Crippen LogP) is 2.63. The molecule has 0 bridgehead atoms. The molecule has 6 nitrogen and oxygen atoms in total. The molecule has 2 atom stereocenters. The lowest BCUT2D eigenvalue weighted by Crippen LogP contribution is -2.55. The molecule has 0 aromatic carbocycles. The van der Waals surface area contributed by atoms with Crippen LogP contribution in [-0.2, 0) is 16.1 Å². The molecule has 1 saturated carbocycles. The Morgan fingerprint density at radius 3 is 3.00 bits per heavy atom. The molecule has 3 heterocycles. The van der Waals surface area contributed by atoms with Crippen LogP contribution in [0.25, 0.3) is 10.2 Å². The van der Waals surface area contributed by atoms with Crippen LogP contribution in [0.4, 0.5) is 0 Å². The average Bonchev–Trinajstić information content (AvgIpc) is 2.95. The van der Waals surface area contributed by atoms with Crippen molar-refractivity contribution < 1.29 is 9.53 Å². The van der Waals surface area contributed by atoms with Gasteiger partial charge in [0.15, 0.2) is 0 Å². The largest absolute Gasteiger partial charge is 0.374 e. The van der Waals surface area contributed by atoms with E-state index in [4.69, 9.17) is 4.74 Å². The van der Waals surface area contributed by atoms with E-state index in [1.165, 1.54) is 6.42 Å². The molecule has 1 amide bonds. The summed E-state index contributed by atoms with van der Waals surface area (Å²) in [6, 6.07) is 0.212. The topological polar surface area (TPSA) is 64.4 Å². The summed E-state index contributed by atoms with van der Waals surface area (Å²) in [7, 11) is 0. The molecule has 140 valence electrons. The number of nitrogens with zero attached hydrogens (tertiary/aromatic N) is 3. The number of carbonyl (C=O) groups is 1. The molecule has 2 aromatic rings. The van der Waals surface area contributed by atoms with Crippen LogP contribution in [-0.4, -0.2) is 45.7 Å². The Balaban J connectivity index is 1.49. The number of aryl methyl sites for hydroxylation is 3. The minimum absolute atomic E-state index is 0.0397.